The summed E-state index contributed by atoms with van der Waals surface area (Å²) in [5.74, 6) is 0.0138. The van der Waals surface area contributed by atoms with E-state index >= 15 is 0 Å². The number of hydrogen-bond donors (Lipinski definition) is 1. The van der Waals surface area contributed by atoms with Crippen molar-refractivity contribution in [3.8, 4) is 0 Å². The molecule has 0 amide bonds. The van der Waals surface area contributed by atoms with E-state index in [1.54, 1.807) is 12.3 Å². The normalized spacial score (nSPS) is 12.9. The van der Waals surface area contributed by atoms with Crippen molar-refractivity contribution >= 4 is 5.82 Å². The largest absolute Gasteiger partial charge is 0.364 e. The Morgan fingerprint density at radius 3 is 2.86 bits per heavy atom. The molecule has 0 aliphatic rings. The first-order chi connectivity index (χ1) is 6.59. The van der Waals surface area contributed by atoms with Crippen LogP contribution in [0, 0.1) is 5.82 Å². The van der Waals surface area contributed by atoms with Gasteiger partial charge in [0.25, 0.3) is 0 Å². The molecule has 1 aromatic rings. The lowest BCUT2D eigenvalue weighted by atomic mass is 10.3. The Balaban J connectivity index is 2.56. The van der Waals surface area contributed by atoms with Gasteiger partial charge >= 0.3 is 0 Å². The highest BCUT2D eigenvalue weighted by atomic mass is 19.1. The van der Waals surface area contributed by atoms with E-state index in [1.165, 1.54) is 6.07 Å². The summed E-state index contributed by atoms with van der Waals surface area (Å²) in [7, 11) is 3.96. The van der Waals surface area contributed by atoms with Gasteiger partial charge in [0.15, 0.2) is 11.6 Å². The minimum Gasteiger partial charge on any atom is -0.364 e. The number of nitrogens with one attached hydrogen (secondary N) is 1. The minimum atomic E-state index is -0.307. The third kappa shape index (κ3) is 3.30. The van der Waals surface area contributed by atoms with Gasteiger partial charge in [0.1, 0.15) is 0 Å². The summed E-state index contributed by atoms with van der Waals surface area (Å²) < 4.78 is 13.1. The third-order valence-corrected chi connectivity index (χ3v) is 1.78. The molecule has 0 spiro atoms. The highest BCUT2D eigenvalue weighted by Crippen LogP contribution is 2.09. The first-order valence-corrected chi connectivity index (χ1v) is 4.61. The van der Waals surface area contributed by atoms with Gasteiger partial charge in [-0.05, 0) is 33.2 Å². The van der Waals surface area contributed by atoms with Crippen LogP contribution >= 0.6 is 0 Å². The van der Waals surface area contributed by atoms with Gasteiger partial charge in [0, 0.05) is 18.8 Å². The molecule has 0 aromatic carbocycles. The van der Waals surface area contributed by atoms with Crippen molar-refractivity contribution in [3.05, 3.63) is 24.1 Å². The Labute approximate surface area is 84.0 Å². The van der Waals surface area contributed by atoms with Gasteiger partial charge in [-0.15, -0.1) is 0 Å². The monoisotopic (exact) mass is 197 g/mol. The number of hydrogen-bond acceptors (Lipinski definition) is 3. The Bertz CT molecular complexity index is 288. The van der Waals surface area contributed by atoms with Crippen LogP contribution in [0.1, 0.15) is 6.92 Å². The maximum absolute atomic E-state index is 13.1. The third-order valence-electron chi connectivity index (χ3n) is 1.78. The Morgan fingerprint density at radius 2 is 2.29 bits per heavy atom. The SMILES string of the molecule is CC(CN(C)C)Nc1ncccc1F. The van der Waals surface area contributed by atoms with E-state index in [4.69, 9.17) is 0 Å². The van der Waals surface area contributed by atoms with E-state index in [9.17, 15) is 4.39 Å². The Morgan fingerprint density at radius 1 is 1.57 bits per heavy atom. The standard InChI is InChI=1S/C10H16FN3/c1-8(7-14(2)3)13-10-9(11)5-4-6-12-10/h4-6,8H,7H2,1-3H3,(H,12,13). The Kier molecular flexibility index (Phi) is 3.83. The first-order valence-electron chi connectivity index (χ1n) is 4.61. The first kappa shape index (κ1) is 10.9. The predicted octanol–water partition coefficient (Wildman–Crippen LogP) is 1.58. The molecule has 0 aliphatic heterocycles. The molecule has 0 fully saturated rings. The number of nitrogens with zero attached hydrogens (tertiary/aromatic N) is 2. The summed E-state index contributed by atoms with van der Waals surface area (Å²) in [6.07, 6.45) is 1.58. The quantitative estimate of drug-likeness (QED) is 0.794. The van der Waals surface area contributed by atoms with Crippen molar-refractivity contribution in [1.29, 1.82) is 0 Å². The second kappa shape index (κ2) is 4.91. The molecule has 14 heavy (non-hydrogen) atoms. The molecule has 3 nitrogen and oxygen atoms in total. The maximum Gasteiger partial charge on any atom is 0.165 e. The molecule has 0 saturated carbocycles. The lowest BCUT2D eigenvalue weighted by molar-refractivity contribution is 0.391. The summed E-state index contributed by atoms with van der Waals surface area (Å²) in [5.41, 5.74) is 0. The van der Waals surface area contributed by atoms with Crippen molar-refractivity contribution < 1.29 is 4.39 Å². The number of likely N-dealkylation sites (N-methyl/N-ethyl adjacent to an activating group) is 1. The molecule has 0 radical (unpaired) electrons. The van der Waals surface area contributed by atoms with Gasteiger partial charge < -0.3 is 10.2 Å². The molecule has 4 heteroatoms. The summed E-state index contributed by atoms with van der Waals surface area (Å²) in [5, 5.41) is 3.01. The van der Waals surface area contributed by atoms with Crippen molar-refractivity contribution in [2.45, 2.75) is 13.0 Å². The van der Waals surface area contributed by atoms with Gasteiger partial charge in [-0.2, -0.15) is 0 Å². The van der Waals surface area contributed by atoms with E-state index in [1.807, 2.05) is 25.9 Å². The van der Waals surface area contributed by atoms with Crippen molar-refractivity contribution in [3.63, 3.8) is 0 Å². The lowest BCUT2D eigenvalue weighted by Gasteiger charge is -2.18. The fourth-order valence-electron chi connectivity index (χ4n) is 1.32. The average molecular weight is 197 g/mol. The van der Waals surface area contributed by atoms with Gasteiger partial charge in [-0.1, -0.05) is 0 Å². The zero-order chi connectivity index (χ0) is 10.6. The predicted molar refractivity (Wildman–Crippen MR) is 55.8 cm³/mol. The highest BCUT2D eigenvalue weighted by molar-refractivity contribution is 5.36. The number of aromatic nitrogens is 1. The van der Waals surface area contributed by atoms with Gasteiger partial charge in [0.2, 0.25) is 0 Å². The van der Waals surface area contributed by atoms with Crippen LogP contribution in [0.4, 0.5) is 10.2 Å². The molecule has 1 unspecified atom stereocenters. The number of rotatable bonds is 4. The fourth-order valence-corrected chi connectivity index (χ4v) is 1.32. The van der Waals surface area contributed by atoms with E-state index in [0.717, 1.165) is 6.54 Å². The molecule has 1 atom stereocenters. The average Bonchev–Trinajstić information content (AvgIpc) is 2.07. The summed E-state index contributed by atoms with van der Waals surface area (Å²) in [4.78, 5) is 5.96. The molecule has 1 aromatic heterocycles. The van der Waals surface area contributed by atoms with Crippen LogP contribution in [-0.4, -0.2) is 36.6 Å². The summed E-state index contributed by atoms with van der Waals surface area (Å²) >= 11 is 0. The van der Waals surface area contributed by atoms with Crippen LogP contribution in [-0.2, 0) is 0 Å². The minimum absolute atomic E-state index is 0.175. The van der Waals surface area contributed by atoms with Crippen LogP contribution in [0.15, 0.2) is 18.3 Å². The van der Waals surface area contributed by atoms with Crippen molar-refractivity contribution in [2.24, 2.45) is 0 Å². The molecule has 78 valence electrons. The van der Waals surface area contributed by atoms with E-state index in [0.29, 0.717) is 5.82 Å². The number of anilines is 1. The molecule has 1 N–H and O–H groups in total. The van der Waals surface area contributed by atoms with Crippen LogP contribution in [0.5, 0.6) is 0 Å². The van der Waals surface area contributed by atoms with Crippen LogP contribution in [0.2, 0.25) is 0 Å². The van der Waals surface area contributed by atoms with Crippen molar-refractivity contribution in [1.82, 2.24) is 9.88 Å². The fraction of sp³-hybridized carbons (Fsp3) is 0.500. The van der Waals surface area contributed by atoms with E-state index in [-0.39, 0.29) is 11.9 Å². The summed E-state index contributed by atoms with van der Waals surface area (Å²) in [6, 6.07) is 3.16. The Hall–Kier alpha value is -1.16. The molecule has 1 heterocycles. The van der Waals surface area contributed by atoms with Crippen LogP contribution in [0.25, 0.3) is 0 Å². The highest BCUT2D eigenvalue weighted by Gasteiger charge is 2.07. The zero-order valence-corrected chi connectivity index (χ0v) is 8.79. The number of halogens is 1. The second-order valence-corrected chi connectivity index (χ2v) is 3.64. The lowest BCUT2D eigenvalue weighted by Crippen LogP contribution is -2.30. The molecule has 0 saturated heterocycles. The smallest absolute Gasteiger partial charge is 0.165 e. The van der Waals surface area contributed by atoms with Gasteiger partial charge in [0.05, 0.1) is 0 Å². The second-order valence-electron chi connectivity index (χ2n) is 3.64. The molecule has 0 bridgehead atoms. The van der Waals surface area contributed by atoms with Crippen LogP contribution in [0.3, 0.4) is 0 Å². The van der Waals surface area contributed by atoms with Gasteiger partial charge in [-0.3, -0.25) is 0 Å². The molecular formula is C10H16FN3. The summed E-state index contributed by atoms with van der Waals surface area (Å²) in [6.45, 7) is 2.84. The zero-order valence-electron chi connectivity index (χ0n) is 8.79. The molecule has 0 aliphatic carbocycles. The maximum atomic E-state index is 13.1. The van der Waals surface area contributed by atoms with Crippen molar-refractivity contribution in [2.75, 3.05) is 26.0 Å². The molecular weight excluding hydrogens is 181 g/mol. The van der Waals surface area contributed by atoms with E-state index in [2.05, 4.69) is 10.3 Å². The molecule has 1 rings (SSSR count). The van der Waals surface area contributed by atoms with E-state index < -0.39 is 0 Å². The van der Waals surface area contributed by atoms with Gasteiger partial charge in [-0.25, -0.2) is 9.37 Å². The van der Waals surface area contributed by atoms with Crippen LogP contribution < -0.4 is 5.32 Å². The topological polar surface area (TPSA) is 28.2 Å². The number of pyridine rings is 1.